The van der Waals surface area contributed by atoms with Gasteiger partial charge in [0.05, 0.1) is 0 Å². The normalized spacial score (nSPS) is 17.1. The molecule has 0 spiro atoms. The molecule has 254 valence electrons. The molecule has 0 amide bonds. The molecular weight excluding hydrogens is 645 g/mol. The second kappa shape index (κ2) is 12.4. The van der Waals surface area contributed by atoms with Crippen LogP contribution in [0, 0.1) is 5.92 Å². The highest BCUT2D eigenvalue weighted by Gasteiger charge is 2.45. The largest absolute Gasteiger partial charge is 0.435 e. The number of hydrogen-bond acceptors (Lipinski definition) is 3. The summed E-state index contributed by atoms with van der Waals surface area (Å²) in [5, 5.41) is 2.19. The summed E-state index contributed by atoms with van der Waals surface area (Å²) in [6.07, 6.45) is 7.29. The van der Waals surface area contributed by atoms with Gasteiger partial charge in [-0.15, -0.1) is 0 Å². The maximum Gasteiger partial charge on any atom is 0.227 e. The third-order valence-corrected chi connectivity index (χ3v) is 11.4. The van der Waals surface area contributed by atoms with E-state index in [9.17, 15) is 0 Å². The smallest absolute Gasteiger partial charge is 0.227 e. The predicted molar refractivity (Wildman–Crippen MR) is 219 cm³/mol. The first-order valence-corrected chi connectivity index (χ1v) is 18.5. The fourth-order valence-corrected chi connectivity index (χ4v) is 8.64. The van der Waals surface area contributed by atoms with E-state index in [0.717, 1.165) is 49.9 Å². The Hall–Kier alpha value is -6.45. The van der Waals surface area contributed by atoms with Crippen LogP contribution in [0.5, 0.6) is 0 Å². The lowest BCUT2D eigenvalue weighted by Gasteiger charge is -2.34. The molecule has 0 saturated carbocycles. The molecule has 3 nitrogen and oxygen atoms in total. The highest BCUT2D eigenvalue weighted by molar-refractivity contribution is 6.04. The van der Waals surface area contributed by atoms with Crippen molar-refractivity contribution < 1.29 is 4.42 Å². The van der Waals surface area contributed by atoms with Gasteiger partial charge in [0.1, 0.15) is 5.52 Å². The minimum atomic E-state index is 0.0722. The minimum absolute atomic E-state index is 0.0722. The van der Waals surface area contributed by atoms with Gasteiger partial charge in [0, 0.05) is 33.9 Å². The molecule has 1 aromatic heterocycles. The Kier molecular flexibility index (Phi) is 7.29. The number of hydrogen-bond donors (Lipinski definition) is 0. The van der Waals surface area contributed by atoms with Gasteiger partial charge in [-0.1, -0.05) is 135 Å². The molecule has 1 heterocycles. The minimum Gasteiger partial charge on any atom is -0.435 e. The van der Waals surface area contributed by atoms with Crippen LogP contribution < -0.4 is 4.90 Å². The van der Waals surface area contributed by atoms with Gasteiger partial charge in [-0.2, -0.15) is 0 Å². The number of nitrogens with zero attached hydrogens (tertiary/aromatic N) is 2. The number of oxazole rings is 1. The van der Waals surface area contributed by atoms with Crippen molar-refractivity contribution in [3.63, 3.8) is 0 Å². The van der Waals surface area contributed by atoms with Crippen molar-refractivity contribution in [3.8, 4) is 33.7 Å². The van der Waals surface area contributed by atoms with Crippen molar-refractivity contribution in [2.45, 2.75) is 25.2 Å². The zero-order valence-corrected chi connectivity index (χ0v) is 29.8. The predicted octanol–water partition coefficient (Wildman–Crippen LogP) is 13.3. The average molecular weight is 683 g/mol. The number of allylic oxidation sites excluding steroid dienone is 3. The monoisotopic (exact) mass is 682 g/mol. The summed E-state index contributed by atoms with van der Waals surface area (Å²) in [6, 6.07) is 58.5. The third kappa shape index (κ3) is 5.31. The van der Waals surface area contributed by atoms with E-state index in [1.54, 1.807) is 0 Å². The van der Waals surface area contributed by atoms with Gasteiger partial charge < -0.3 is 9.32 Å². The van der Waals surface area contributed by atoms with Gasteiger partial charge in [-0.3, -0.25) is 0 Å². The van der Waals surface area contributed by atoms with Crippen LogP contribution in [0.4, 0.5) is 11.4 Å². The second-order valence-corrected chi connectivity index (χ2v) is 14.8. The molecule has 0 bridgehead atoms. The van der Waals surface area contributed by atoms with Gasteiger partial charge in [-0.25, -0.2) is 4.98 Å². The number of fused-ring (bicyclic) bond motifs is 6. The van der Waals surface area contributed by atoms with E-state index in [0.29, 0.717) is 17.7 Å². The zero-order valence-electron chi connectivity index (χ0n) is 29.8. The van der Waals surface area contributed by atoms with Gasteiger partial charge in [0.2, 0.25) is 5.89 Å². The summed E-state index contributed by atoms with van der Waals surface area (Å²) in [7, 11) is 0. The fraction of sp³-hybridized carbons (Fsp3) is 0.100. The first-order chi connectivity index (χ1) is 26.0. The summed E-state index contributed by atoms with van der Waals surface area (Å²) in [4.78, 5) is 7.20. The summed E-state index contributed by atoms with van der Waals surface area (Å²) in [5.41, 5.74) is 13.8. The third-order valence-electron chi connectivity index (χ3n) is 11.4. The summed E-state index contributed by atoms with van der Waals surface area (Å²) in [6.45, 7) is 4.78. The SMILES string of the molecule is CC1(C)c2ccccc2C2C=C(N(c3ccc(-c4ccc5c(ccc6nc(-c7ccccc7)oc65)c4)cc3)c3cccc(-c4ccccc4)c3)C=CC21. The molecule has 0 radical (unpaired) electrons. The lowest BCUT2D eigenvalue weighted by molar-refractivity contribution is 0.393. The van der Waals surface area contributed by atoms with Gasteiger partial charge in [0.25, 0.3) is 0 Å². The molecule has 2 atom stereocenters. The van der Waals surface area contributed by atoms with E-state index in [2.05, 4.69) is 170 Å². The van der Waals surface area contributed by atoms with E-state index >= 15 is 0 Å². The molecular formula is C50H38N2O. The van der Waals surface area contributed by atoms with Crippen LogP contribution in [-0.4, -0.2) is 4.98 Å². The number of aromatic nitrogens is 1. The second-order valence-electron chi connectivity index (χ2n) is 14.8. The van der Waals surface area contributed by atoms with Crippen molar-refractivity contribution in [1.29, 1.82) is 0 Å². The van der Waals surface area contributed by atoms with Crippen LogP contribution in [-0.2, 0) is 5.41 Å². The molecule has 2 unspecified atom stereocenters. The molecule has 2 aliphatic rings. The van der Waals surface area contributed by atoms with E-state index in [-0.39, 0.29) is 5.41 Å². The molecule has 0 aliphatic heterocycles. The van der Waals surface area contributed by atoms with Crippen molar-refractivity contribution in [2.24, 2.45) is 5.92 Å². The number of anilines is 2. The quantitative estimate of drug-likeness (QED) is 0.175. The summed E-state index contributed by atoms with van der Waals surface area (Å²) < 4.78 is 6.32. The summed E-state index contributed by atoms with van der Waals surface area (Å²) >= 11 is 0. The van der Waals surface area contributed by atoms with E-state index in [1.165, 1.54) is 28.0 Å². The topological polar surface area (TPSA) is 29.3 Å². The van der Waals surface area contributed by atoms with Crippen molar-refractivity contribution >= 4 is 33.2 Å². The maximum atomic E-state index is 6.32. The Morgan fingerprint density at radius 1 is 0.585 bits per heavy atom. The summed E-state index contributed by atoms with van der Waals surface area (Å²) in [5.74, 6) is 1.38. The zero-order chi connectivity index (χ0) is 35.5. The molecule has 53 heavy (non-hydrogen) atoms. The molecule has 8 aromatic rings. The first kappa shape index (κ1) is 31.3. The standard InChI is InChI=1S/C50H38N2O/c1-50(2)45-19-10-9-18-43(45)44-32-41(26-28-46(44)50)52(40-17-11-16-36(31-40)33-12-5-3-6-13-33)39-24-20-34(21-25-39)37-22-27-42-38(30-37)23-29-47-48(42)53-49(51-47)35-14-7-4-8-15-35/h3-32,44,46H,1-2H3. The maximum absolute atomic E-state index is 6.32. The van der Waals surface area contributed by atoms with E-state index in [4.69, 9.17) is 9.40 Å². The Balaban J connectivity index is 1.04. The molecule has 10 rings (SSSR count). The van der Waals surface area contributed by atoms with E-state index < -0.39 is 0 Å². The van der Waals surface area contributed by atoms with Gasteiger partial charge in [-0.05, 0) is 111 Å². The van der Waals surface area contributed by atoms with E-state index in [1.807, 2.05) is 30.3 Å². The van der Waals surface area contributed by atoms with Crippen LogP contribution in [0.15, 0.2) is 192 Å². The molecule has 7 aromatic carbocycles. The van der Waals surface area contributed by atoms with Crippen LogP contribution in [0.25, 0.3) is 55.6 Å². The Bertz CT molecular complexity index is 2700. The lowest BCUT2D eigenvalue weighted by Crippen LogP contribution is -2.27. The van der Waals surface area contributed by atoms with Gasteiger partial charge >= 0.3 is 0 Å². The van der Waals surface area contributed by atoms with Gasteiger partial charge in [0.15, 0.2) is 5.58 Å². The van der Waals surface area contributed by atoms with Crippen molar-refractivity contribution in [1.82, 2.24) is 4.98 Å². The molecule has 0 fully saturated rings. The first-order valence-electron chi connectivity index (χ1n) is 18.5. The van der Waals surface area contributed by atoms with Crippen LogP contribution in [0.3, 0.4) is 0 Å². The van der Waals surface area contributed by atoms with Crippen molar-refractivity contribution in [3.05, 3.63) is 199 Å². The molecule has 0 N–H and O–H groups in total. The number of rotatable bonds is 6. The average Bonchev–Trinajstić information content (AvgIpc) is 3.76. The molecule has 0 saturated heterocycles. The van der Waals surface area contributed by atoms with Crippen LogP contribution >= 0.6 is 0 Å². The van der Waals surface area contributed by atoms with Crippen LogP contribution in [0.2, 0.25) is 0 Å². The Morgan fingerprint density at radius 3 is 2.08 bits per heavy atom. The fourth-order valence-electron chi connectivity index (χ4n) is 8.64. The Morgan fingerprint density at radius 2 is 1.26 bits per heavy atom. The van der Waals surface area contributed by atoms with Crippen molar-refractivity contribution in [2.75, 3.05) is 4.90 Å². The van der Waals surface area contributed by atoms with Crippen LogP contribution in [0.1, 0.15) is 30.9 Å². The lowest BCUT2D eigenvalue weighted by atomic mass is 9.74. The highest BCUT2D eigenvalue weighted by Crippen LogP contribution is 2.54. The number of benzene rings is 7. The molecule has 2 aliphatic carbocycles. The molecule has 3 heteroatoms. The highest BCUT2D eigenvalue weighted by atomic mass is 16.3. The Labute approximate surface area is 310 Å².